The van der Waals surface area contributed by atoms with E-state index in [1.54, 1.807) is 0 Å². The van der Waals surface area contributed by atoms with Crippen molar-refractivity contribution < 1.29 is 8.83 Å². The minimum absolute atomic E-state index is 0.143. The van der Waals surface area contributed by atoms with Gasteiger partial charge in [0.15, 0.2) is 0 Å². The van der Waals surface area contributed by atoms with Crippen molar-refractivity contribution in [2.75, 3.05) is 9.80 Å². The van der Waals surface area contributed by atoms with E-state index in [-0.39, 0.29) is 17.5 Å². The average molecular weight is 1300 g/mol. The molecular weight excluding hydrogens is 1230 g/mol. The van der Waals surface area contributed by atoms with Crippen molar-refractivity contribution in [1.29, 1.82) is 0 Å². The number of furan rings is 2. The van der Waals surface area contributed by atoms with Crippen LogP contribution in [0, 0.1) is 0 Å². The van der Waals surface area contributed by atoms with Crippen LogP contribution >= 0.6 is 0 Å². The Morgan fingerprint density at radius 3 is 1.45 bits per heavy atom. The number of hydrogen-bond donors (Lipinski definition) is 0. The van der Waals surface area contributed by atoms with Crippen LogP contribution in [0.1, 0.15) is 70.3 Å². The maximum atomic E-state index is 7.39. The Kier molecular flexibility index (Phi) is 13.0. The van der Waals surface area contributed by atoms with E-state index >= 15 is 0 Å². The van der Waals surface area contributed by atoms with Crippen molar-refractivity contribution in [3.8, 4) is 44.8 Å². The van der Waals surface area contributed by atoms with Gasteiger partial charge in [0.1, 0.15) is 22.3 Å². The second-order valence-corrected chi connectivity index (χ2v) is 29.8. The molecule has 0 bridgehead atoms. The van der Waals surface area contributed by atoms with Gasteiger partial charge in [-0.25, -0.2) is 0 Å². The van der Waals surface area contributed by atoms with Gasteiger partial charge in [0.05, 0.1) is 27.9 Å². The highest BCUT2D eigenvalue weighted by molar-refractivity contribution is 7.00. The molecule has 0 saturated heterocycles. The zero-order valence-corrected chi connectivity index (χ0v) is 57.4. The summed E-state index contributed by atoms with van der Waals surface area (Å²) in [6.45, 7) is 13.7. The number of benzene rings is 13. The van der Waals surface area contributed by atoms with Crippen molar-refractivity contribution in [3.05, 3.63) is 314 Å². The quantitative estimate of drug-likeness (QED) is 0.118. The molecule has 101 heavy (non-hydrogen) atoms. The van der Waals surface area contributed by atoms with E-state index in [1.807, 2.05) is 6.07 Å². The van der Waals surface area contributed by atoms with Crippen LogP contribution in [-0.2, 0) is 17.3 Å². The summed E-state index contributed by atoms with van der Waals surface area (Å²) in [5.41, 5.74) is 30.7. The number of nitrogens with zero attached hydrogens (tertiary/aromatic N) is 4. The van der Waals surface area contributed by atoms with E-state index in [2.05, 4.69) is 352 Å². The zero-order valence-electron chi connectivity index (χ0n) is 57.4. The van der Waals surface area contributed by atoms with Crippen LogP contribution in [0.3, 0.4) is 0 Å². The van der Waals surface area contributed by atoms with E-state index in [4.69, 9.17) is 8.83 Å². The van der Waals surface area contributed by atoms with Gasteiger partial charge in [0, 0.05) is 106 Å². The molecule has 0 amide bonds. The molecule has 3 aliphatic rings. The molecule has 13 aromatic carbocycles. The lowest BCUT2D eigenvalue weighted by molar-refractivity contribution is 0.590. The van der Waals surface area contributed by atoms with Gasteiger partial charge < -0.3 is 27.8 Å². The lowest BCUT2D eigenvalue weighted by atomic mass is 9.33. The molecule has 0 spiro atoms. The Bertz CT molecular complexity index is 6330. The molecule has 482 valence electrons. The van der Waals surface area contributed by atoms with Crippen LogP contribution in [0.5, 0.6) is 0 Å². The third-order valence-electron chi connectivity index (χ3n) is 21.9. The van der Waals surface area contributed by atoms with Gasteiger partial charge in [0.2, 0.25) is 0 Å². The first-order valence-corrected chi connectivity index (χ1v) is 35.5. The minimum atomic E-state index is -0.242. The first-order valence-electron chi connectivity index (χ1n) is 35.5. The van der Waals surface area contributed by atoms with Gasteiger partial charge in [-0.3, -0.25) is 0 Å². The molecule has 0 saturated carbocycles. The van der Waals surface area contributed by atoms with E-state index < -0.39 is 0 Å². The van der Waals surface area contributed by atoms with Crippen LogP contribution in [0.15, 0.2) is 300 Å². The molecule has 17 aromatic rings. The van der Waals surface area contributed by atoms with Crippen molar-refractivity contribution in [3.63, 3.8) is 0 Å². The van der Waals surface area contributed by atoms with Crippen LogP contribution in [0.25, 0.3) is 127 Å². The Morgan fingerprint density at radius 2 is 0.851 bits per heavy atom. The molecule has 4 aromatic heterocycles. The van der Waals surface area contributed by atoms with Crippen molar-refractivity contribution in [1.82, 2.24) is 9.13 Å². The highest BCUT2D eigenvalue weighted by atomic mass is 16.3. The van der Waals surface area contributed by atoms with Gasteiger partial charge in [0.25, 0.3) is 6.71 Å². The summed E-state index contributed by atoms with van der Waals surface area (Å²) < 4.78 is 19.0. The predicted octanol–water partition coefficient (Wildman–Crippen LogP) is 23.7. The Hall–Kier alpha value is -12.1. The highest BCUT2D eigenvalue weighted by Gasteiger charge is 2.45. The monoisotopic (exact) mass is 1300 g/mol. The van der Waals surface area contributed by atoms with E-state index in [9.17, 15) is 0 Å². The van der Waals surface area contributed by atoms with E-state index in [0.717, 1.165) is 147 Å². The average Bonchev–Trinajstić information content (AvgIpc) is 1.11. The van der Waals surface area contributed by atoms with Crippen molar-refractivity contribution in [2.45, 2.75) is 65.2 Å². The summed E-state index contributed by atoms with van der Waals surface area (Å²) in [4.78, 5) is 5.29. The van der Waals surface area contributed by atoms with Crippen LogP contribution in [0.4, 0.5) is 34.1 Å². The molecule has 0 unspecified atom stereocenters. The molecule has 2 aliphatic heterocycles. The van der Waals surface area contributed by atoms with E-state index in [0.29, 0.717) is 0 Å². The predicted molar refractivity (Wildman–Crippen MR) is 426 cm³/mol. The Balaban J connectivity index is 0.953. The highest BCUT2D eigenvalue weighted by Crippen LogP contribution is 2.53. The minimum Gasteiger partial charge on any atom is -0.456 e. The van der Waals surface area contributed by atoms with Gasteiger partial charge in [-0.1, -0.05) is 242 Å². The molecule has 6 heterocycles. The molecule has 0 atom stereocenters. The number of hydrogen-bond acceptors (Lipinski definition) is 4. The normalized spacial score (nSPS) is 14.3. The van der Waals surface area contributed by atoms with Crippen LogP contribution < -0.4 is 26.2 Å². The molecule has 20 rings (SSSR count). The van der Waals surface area contributed by atoms with Gasteiger partial charge in [-0.05, 0) is 159 Å². The molecule has 1 aliphatic carbocycles. The third-order valence-corrected chi connectivity index (χ3v) is 21.9. The van der Waals surface area contributed by atoms with Crippen LogP contribution in [-0.4, -0.2) is 15.8 Å². The number of fused-ring (bicyclic) bond motifs is 17. The van der Waals surface area contributed by atoms with Gasteiger partial charge >= 0.3 is 0 Å². The number of aromatic nitrogens is 2. The fourth-order valence-electron chi connectivity index (χ4n) is 17.1. The number of para-hydroxylation sites is 5. The Morgan fingerprint density at radius 1 is 0.347 bits per heavy atom. The summed E-state index contributed by atoms with van der Waals surface area (Å²) in [7, 11) is 0. The molecule has 0 N–H and O–H groups in total. The largest absolute Gasteiger partial charge is 0.456 e. The standard InChI is InChI=1S/C94H71BN4O2/c1-93(2,3)61-42-48-80(72(54-61)58-26-11-9-12-27-58)98-82-56-63(96-76-37-16-8-7-15-30-66(76)67-31-17-21-38-77(67)96)44-46-74(82)95-75-47-45-64(97-78-39-22-18-32-68(78)69-33-19-23-40-79(69)97)57-83(75)99(81-49-43-62(94(4,5)6)55-73(81)59-28-13-10-14-29-59)85-53-60(52-84(98)91(85)95)65-35-25-36-71-90-88(101-92(65)71)51-50-87-89(90)70-34-20-24-41-86(70)100-87/h8-36,38-57H,7,37H2,1-6H3/b16-8-,30-15-. The second-order valence-electron chi connectivity index (χ2n) is 29.8. The number of allylic oxidation sites excluding steroid dienone is 3. The maximum absolute atomic E-state index is 7.39. The SMILES string of the molecule is CC(C)(C)c1ccc(N2c3cc(-n4c5c(c6ccccc64)/C=C\C/C=C\C5)ccc3B3c4ccc(-n5c6ccccc6c6ccccc65)cc4N(c4ccc(C(C)(C)C)cc4-c4ccccc4)c4cc(-c5cccc6c5oc5ccc7oc8ccccc8c7c56)cc2c43)c(-c2ccccc2)c1. The van der Waals surface area contributed by atoms with Gasteiger partial charge in [-0.2, -0.15) is 0 Å². The first-order chi connectivity index (χ1) is 49.4. The van der Waals surface area contributed by atoms with Crippen molar-refractivity contribution >= 4 is 140 Å². The maximum Gasteiger partial charge on any atom is 0.252 e. The summed E-state index contributed by atoms with van der Waals surface area (Å²) in [5, 5.41) is 7.91. The Labute approximate surface area is 587 Å². The molecule has 7 heteroatoms. The number of rotatable bonds is 7. The fraction of sp³-hybridized carbons (Fsp3) is 0.106. The molecule has 6 nitrogen and oxygen atoms in total. The fourth-order valence-corrected chi connectivity index (χ4v) is 17.1. The second kappa shape index (κ2) is 22.2. The summed E-state index contributed by atoms with van der Waals surface area (Å²) in [6, 6.07) is 102. The number of anilines is 6. The lowest BCUT2D eigenvalue weighted by Gasteiger charge is -2.45. The first kappa shape index (κ1) is 59.0. The molecular formula is C94H71BN4O2. The third kappa shape index (κ3) is 9.05. The van der Waals surface area contributed by atoms with Crippen molar-refractivity contribution in [2.24, 2.45) is 0 Å². The van der Waals surface area contributed by atoms with Gasteiger partial charge in [-0.15, -0.1) is 0 Å². The molecule has 0 fully saturated rings. The smallest absolute Gasteiger partial charge is 0.252 e. The summed E-state index contributed by atoms with van der Waals surface area (Å²) in [5.74, 6) is 0. The summed E-state index contributed by atoms with van der Waals surface area (Å²) >= 11 is 0. The summed E-state index contributed by atoms with van der Waals surface area (Å²) in [6.07, 6.45) is 11.0. The molecule has 0 radical (unpaired) electrons. The van der Waals surface area contributed by atoms with Crippen LogP contribution in [0.2, 0.25) is 0 Å². The topological polar surface area (TPSA) is 42.6 Å². The zero-order chi connectivity index (χ0) is 67.6. The lowest BCUT2D eigenvalue weighted by Crippen LogP contribution is -2.61. The van der Waals surface area contributed by atoms with E-state index in [1.165, 1.54) is 60.4 Å².